The van der Waals surface area contributed by atoms with Crippen LogP contribution in [0.3, 0.4) is 0 Å². The molecule has 1 saturated carbocycles. The summed E-state index contributed by atoms with van der Waals surface area (Å²) in [4.78, 5) is 25.5. The fourth-order valence-corrected chi connectivity index (χ4v) is 4.59. The first-order chi connectivity index (χ1) is 15.9. The third-order valence-electron chi connectivity index (χ3n) is 5.43. The van der Waals surface area contributed by atoms with Crippen molar-refractivity contribution in [3.8, 4) is 0 Å². The minimum absolute atomic E-state index is 0.157. The number of halogens is 2. The highest BCUT2D eigenvalue weighted by Gasteiger charge is 2.46. The Balaban J connectivity index is 1.96. The molecule has 0 radical (unpaired) electrons. The first-order valence-corrected chi connectivity index (χ1v) is 12.1. The summed E-state index contributed by atoms with van der Waals surface area (Å²) in [6, 6.07) is 8.41. The van der Waals surface area contributed by atoms with Gasteiger partial charge < -0.3 is 30.0 Å². The second kappa shape index (κ2) is 14.8. The van der Waals surface area contributed by atoms with E-state index in [1.165, 1.54) is 0 Å². The molecular formula is C23H34Cl2N2O6. The number of carbonyl (C=O) groups excluding carboxylic acids is 2. The molecule has 8 nitrogen and oxygen atoms in total. The number of carbonyl (C=O) groups is 2. The molecule has 0 bridgehead atoms. The molecule has 33 heavy (non-hydrogen) atoms. The smallest absolute Gasteiger partial charge is 0.328 e. The van der Waals surface area contributed by atoms with Crippen molar-refractivity contribution in [2.45, 2.75) is 48.8 Å². The van der Waals surface area contributed by atoms with Gasteiger partial charge in [0, 0.05) is 13.0 Å². The van der Waals surface area contributed by atoms with Crippen molar-refractivity contribution < 1.29 is 28.9 Å². The van der Waals surface area contributed by atoms with E-state index in [4.69, 9.17) is 37.4 Å². The van der Waals surface area contributed by atoms with Gasteiger partial charge in [-0.1, -0.05) is 30.3 Å². The molecule has 5 unspecified atom stereocenters. The van der Waals surface area contributed by atoms with E-state index in [-0.39, 0.29) is 26.1 Å². The second-order valence-corrected chi connectivity index (χ2v) is 8.91. The Morgan fingerprint density at radius 1 is 1.18 bits per heavy atom. The summed E-state index contributed by atoms with van der Waals surface area (Å²) >= 11 is 12.9. The van der Waals surface area contributed by atoms with E-state index in [2.05, 4.69) is 10.6 Å². The van der Waals surface area contributed by atoms with Gasteiger partial charge in [0.25, 0.3) is 0 Å². The number of hydrogen-bond acceptors (Lipinski definition) is 7. The highest BCUT2D eigenvalue weighted by Crippen LogP contribution is 2.34. The van der Waals surface area contributed by atoms with Crippen molar-refractivity contribution in [1.29, 1.82) is 0 Å². The van der Waals surface area contributed by atoms with E-state index in [0.717, 1.165) is 12.1 Å². The molecule has 0 spiro atoms. The first kappa shape index (κ1) is 27.8. The lowest BCUT2D eigenvalue weighted by molar-refractivity contribution is -0.149. The van der Waals surface area contributed by atoms with Crippen LogP contribution in [0, 0.1) is 5.92 Å². The van der Waals surface area contributed by atoms with Crippen LogP contribution >= 0.6 is 23.2 Å². The van der Waals surface area contributed by atoms with Crippen LogP contribution in [0.15, 0.2) is 30.3 Å². The van der Waals surface area contributed by atoms with Crippen molar-refractivity contribution >= 4 is 35.1 Å². The third kappa shape index (κ3) is 8.70. The van der Waals surface area contributed by atoms with Crippen molar-refractivity contribution in [2.24, 2.45) is 5.92 Å². The Hall–Kier alpha value is -1.42. The molecule has 2 rings (SSSR count). The number of nitrogens with one attached hydrogen (secondary N) is 2. The molecule has 1 aromatic carbocycles. The lowest BCUT2D eigenvalue weighted by atomic mass is 9.83. The SMILES string of the molecule is CCOC(=O)[C@@H](Cc1ccccc1)NC(=O)C1CC(Cl)C(OCCOCCNC)C(Cl)C1O. The third-order valence-corrected chi connectivity index (χ3v) is 6.36. The number of aliphatic hydroxyl groups excluding tert-OH is 1. The monoisotopic (exact) mass is 504 g/mol. The molecule has 6 atom stereocenters. The van der Waals surface area contributed by atoms with Gasteiger partial charge in [0.2, 0.25) is 5.91 Å². The van der Waals surface area contributed by atoms with Gasteiger partial charge >= 0.3 is 5.97 Å². The first-order valence-electron chi connectivity index (χ1n) is 11.2. The maximum atomic E-state index is 13.0. The quantitative estimate of drug-likeness (QED) is 0.212. The zero-order chi connectivity index (χ0) is 24.2. The summed E-state index contributed by atoms with van der Waals surface area (Å²) in [5.41, 5.74) is 0.871. The van der Waals surface area contributed by atoms with Crippen LogP contribution in [0.2, 0.25) is 0 Å². The van der Waals surface area contributed by atoms with Crippen LogP contribution in [0.5, 0.6) is 0 Å². The number of likely N-dealkylation sites (N-methyl/N-ethyl adjacent to an activating group) is 1. The molecule has 0 saturated heterocycles. The summed E-state index contributed by atoms with van der Waals surface area (Å²) in [5.74, 6) is -1.92. The van der Waals surface area contributed by atoms with E-state index < -0.39 is 46.8 Å². The molecule has 1 aliphatic carbocycles. The van der Waals surface area contributed by atoms with E-state index in [1.807, 2.05) is 37.4 Å². The zero-order valence-electron chi connectivity index (χ0n) is 19.0. The molecule has 0 aliphatic heterocycles. The van der Waals surface area contributed by atoms with Crippen LogP contribution in [0.25, 0.3) is 0 Å². The summed E-state index contributed by atoms with van der Waals surface area (Å²) in [6.07, 6.45) is -1.40. The fourth-order valence-electron chi connectivity index (χ4n) is 3.67. The predicted molar refractivity (Wildman–Crippen MR) is 127 cm³/mol. The van der Waals surface area contributed by atoms with E-state index in [1.54, 1.807) is 6.92 Å². The number of alkyl halides is 2. The van der Waals surface area contributed by atoms with Crippen LogP contribution in [0.4, 0.5) is 0 Å². The normalized spacial score (nSPS) is 25.9. The predicted octanol–water partition coefficient (Wildman–Crippen LogP) is 1.49. The summed E-state index contributed by atoms with van der Waals surface area (Å²) in [7, 11) is 1.84. The molecule has 186 valence electrons. The van der Waals surface area contributed by atoms with E-state index in [9.17, 15) is 14.7 Å². The minimum atomic E-state index is -1.18. The molecule has 1 amide bonds. The molecule has 1 fully saturated rings. The Labute approximate surface area is 205 Å². The fraction of sp³-hybridized carbons (Fsp3) is 0.652. The maximum absolute atomic E-state index is 13.0. The molecule has 1 aliphatic rings. The summed E-state index contributed by atoms with van der Waals surface area (Å²) < 4.78 is 16.3. The topological polar surface area (TPSA) is 106 Å². The van der Waals surface area contributed by atoms with Crippen LogP contribution < -0.4 is 10.6 Å². The highest BCUT2D eigenvalue weighted by molar-refractivity contribution is 6.25. The van der Waals surface area contributed by atoms with Crippen molar-refractivity contribution in [2.75, 3.05) is 40.0 Å². The van der Waals surface area contributed by atoms with Crippen LogP contribution in [0.1, 0.15) is 18.9 Å². The van der Waals surface area contributed by atoms with Gasteiger partial charge in [-0.15, -0.1) is 23.2 Å². The number of benzene rings is 1. The summed E-state index contributed by atoms with van der Waals surface area (Å²) in [6.45, 7) is 3.81. The molecule has 0 heterocycles. The van der Waals surface area contributed by atoms with Gasteiger partial charge in [-0.2, -0.15) is 0 Å². The van der Waals surface area contributed by atoms with Crippen molar-refractivity contribution in [3.63, 3.8) is 0 Å². The standard InChI is InChI=1S/C23H34Cl2N2O6/c1-3-32-23(30)18(13-15-7-5-4-6-8-15)27-22(29)16-14-17(24)21(19(25)20(16)28)33-12-11-31-10-9-26-2/h4-8,16-21,26,28H,3,9-14H2,1-2H3,(H,27,29)/t16?,17?,18-,19?,20?,21?/m1/s1. The van der Waals surface area contributed by atoms with Gasteiger partial charge in [-0.25, -0.2) is 4.79 Å². The molecular weight excluding hydrogens is 471 g/mol. The van der Waals surface area contributed by atoms with Crippen molar-refractivity contribution in [1.82, 2.24) is 10.6 Å². The Bertz CT molecular complexity index is 726. The summed E-state index contributed by atoms with van der Waals surface area (Å²) in [5, 5.41) is 15.0. The Kier molecular flexibility index (Phi) is 12.4. The van der Waals surface area contributed by atoms with Gasteiger partial charge in [0.05, 0.1) is 55.3 Å². The number of aliphatic hydroxyl groups is 1. The number of rotatable bonds is 13. The molecule has 3 N–H and O–H groups in total. The highest BCUT2D eigenvalue weighted by atomic mass is 35.5. The minimum Gasteiger partial charge on any atom is -0.464 e. The average molecular weight is 505 g/mol. The number of esters is 1. The Morgan fingerprint density at radius 2 is 1.91 bits per heavy atom. The number of ether oxygens (including phenoxy) is 3. The average Bonchev–Trinajstić information content (AvgIpc) is 2.80. The molecule has 10 heteroatoms. The van der Waals surface area contributed by atoms with E-state index >= 15 is 0 Å². The van der Waals surface area contributed by atoms with Gasteiger partial charge in [0.15, 0.2) is 0 Å². The second-order valence-electron chi connectivity index (χ2n) is 7.85. The van der Waals surface area contributed by atoms with Gasteiger partial charge in [-0.3, -0.25) is 4.79 Å². The van der Waals surface area contributed by atoms with Crippen molar-refractivity contribution in [3.05, 3.63) is 35.9 Å². The number of amides is 1. The van der Waals surface area contributed by atoms with Gasteiger partial charge in [-0.05, 0) is 26.0 Å². The van der Waals surface area contributed by atoms with Crippen LogP contribution in [-0.2, 0) is 30.2 Å². The number of hydrogen-bond donors (Lipinski definition) is 3. The largest absolute Gasteiger partial charge is 0.464 e. The molecule has 0 aromatic heterocycles. The van der Waals surface area contributed by atoms with Gasteiger partial charge in [0.1, 0.15) is 6.04 Å². The lowest BCUT2D eigenvalue weighted by Gasteiger charge is -2.39. The Morgan fingerprint density at radius 3 is 2.58 bits per heavy atom. The maximum Gasteiger partial charge on any atom is 0.328 e. The zero-order valence-corrected chi connectivity index (χ0v) is 20.6. The van der Waals surface area contributed by atoms with Crippen LogP contribution in [-0.4, -0.2) is 86.0 Å². The van der Waals surface area contributed by atoms with E-state index in [0.29, 0.717) is 13.2 Å². The lowest BCUT2D eigenvalue weighted by Crippen LogP contribution is -2.56. The molecule has 1 aromatic rings.